The van der Waals surface area contributed by atoms with Crippen molar-refractivity contribution in [3.63, 3.8) is 0 Å². The number of para-hydroxylation sites is 1. The highest BCUT2D eigenvalue weighted by Gasteiger charge is 2.31. The summed E-state index contributed by atoms with van der Waals surface area (Å²) in [5, 5.41) is 11.4. The van der Waals surface area contributed by atoms with Gasteiger partial charge < -0.3 is 4.74 Å². The van der Waals surface area contributed by atoms with Crippen molar-refractivity contribution in [1.82, 2.24) is 4.31 Å². The normalized spacial score (nSPS) is 11.8. The molecule has 0 fully saturated rings. The Morgan fingerprint density at radius 2 is 1.71 bits per heavy atom. The molecule has 0 atom stereocenters. The number of rotatable bonds is 13. The zero-order valence-electron chi connectivity index (χ0n) is 18.1. The summed E-state index contributed by atoms with van der Waals surface area (Å²) in [6.07, 6.45) is 8.77. The molecule has 7 nitrogen and oxygen atoms in total. The van der Waals surface area contributed by atoms with E-state index in [1.807, 2.05) is 0 Å². The first-order valence-corrected chi connectivity index (χ1v) is 11.9. The molecule has 0 radical (unpaired) electrons. The molecule has 31 heavy (non-hydrogen) atoms. The Morgan fingerprint density at radius 3 is 2.35 bits per heavy atom. The van der Waals surface area contributed by atoms with Gasteiger partial charge >= 0.3 is 0 Å². The summed E-state index contributed by atoms with van der Waals surface area (Å²) in [7, 11) is -2.48. The van der Waals surface area contributed by atoms with Crippen LogP contribution in [0.1, 0.15) is 44.6 Å². The fourth-order valence-corrected chi connectivity index (χ4v) is 4.76. The quantitative estimate of drug-likeness (QED) is 0.180. The highest BCUT2D eigenvalue weighted by Crippen LogP contribution is 2.28. The zero-order chi connectivity index (χ0) is 22.7. The Kier molecular flexibility index (Phi) is 9.68. The number of methoxy groups -OCH3 is 1. The Balaban J connectivity index is 2.24. The Bertz CT molecular complexity index is 972. The first kappa shape index (κ1) is 24.6. The molecule has 8 heteroatoms. The smallest absolute Gasteiger partial charge is 0.289 e. The van der Waals surface area contributed by atoms with Gasteiger partial charge in [-0.15, -0.1) is 0 Å². The summed E-state index contributed by atoms with van der Waals surface area (Å²) in [6, 6.07) is 12.6. The minimum atomic E-state index is -4.05. The van der Waals surface area contributed by atoms with Gasteiger partial charge in [-0.3, -0.25) is 10.1 Å². The van der Waals surface area contributed by atoms with Crippen molar-refractivity contribution in [3.8, 4) is 5.75 Å². The monoisotopic (exact) mass is 446 g/mol. The van der Waals surface area contributed by atoms with Gasteiger partial charge in [-0.2, -0.15) is 4.31 Å². The molecule has 0 N–H and O–H groups in total. The van der Waals surface area contributed by atoms with Crippen LogP contribution in [-0.4, -0.2) is 31.3 Å². The van der Waals surface area contributed by atoms with Crippen LogP contribution in [0.25, 0.3) is 0 Å². The number of hydrogen-bond donors (Lipinski definition) is 0. The van der Waals surface area contributed by atoms with Crippen molar-refractivity contribution in [2.45, 2.75) is 50.5 Å². The lowest BCUT2D eigenvalue weighted by molar-refractivity contribution is -0.387. The van der Waals surface area contributed by atoms with E-state index in [-0.39, 0.29) is 18.0 Å². The summed E-state index contributed by atoms with van der Waals surface area (Å²) in [4.78, 5) is 10.5. The van der Waals surface area contributed by atoms with Crippen LogP contribution in [0.15, 0.2) is 65.6 Å². The zero-order valence-corrected chi connectivity index (χ0v) is 18.9. The lowest BCUT2D eigenvalue weighted by Crippen LogP contribution is -2.32. The van der Waals surface area contributed by atoms with Crippen molar-refractivity contribution in [2.24, 2.45) is 0 Å². The molecule has 0 aliphatic rings. The van der Waals surface area contributed by atoms with E-state index in [2.05, 4.69) is 19.1 Å². The van der Waals surface area contributed by atoms with E-state index in [4.69, 9.17) is 4.74 Å². The maximum absolute atomic E-state index is 13.4. The molecule has 0 spiro atoms. The SMILES string of the molecule is CCC/C=C\CCCCN(Cc1ccc(OC)cc1)S(=O)(=O)c1ccccc1[N+](=O)[O-]. The Hall–Kier alpha value is -2.71. The molecule has 0 aliphatic carbocycles. The third-order valence-electron chi connectivity index (χ3n) is 4.85. The predicted molar refractivity (Wildman–Crippen MR) is 122 cm³/mol. The van der Waals surface area contributed by atoms with Crippen LogP contribution < -0.4 is 4.74 Å². The second-order valence-electron chi connectivity index (χ2n) is 7.17. The van der Waals surface area contributed by atoms with Gasteiger partial charge in [0.25, 0.3) is 5.69 Å². The molecule has 2 rings (SSSR count). The molecule has 0 bridgehead atoms. The lowest BCUT2D eigenvalue weighted by atomic mass is 10.2. The largest absolute Gasteiger partial charge is 0.497 e. The maximum Gasteiger partial charge on any atom is 0.289 e. The van der Waals surface area contributed by atoms with E-state index in [0.717, 1.165) is 31.2 Å². The van der Waals surface area contributed by atoms with Crippen LogP contribution in [0.3, 0.4) is 0 Å². The molecule has 0 amide bonds. The first-order chi connectivity index (χ1) is 14.9. The predicted octanol–water partition coefficient (Wildman–Crippen LogP) is 5.32. The number of nitro groups is 1. The number of sulfonamides is 1. The lowest BCUT2D eigenvalue weighted by Gasteiger charge is -2.22. The van der Waals surface area contributed by atoms with E-state index in [9.17, 15) is 18.5 Å². The number of hydrogen-bond acceptors (Lipinski definition) is 5. The molecule has 2 aromatic rings. The van der Waals surface area contributed by atoms with Gasteiger partial charge in [-0.05, 0) is 49.4 Å². The van der Waals surface area contributed by atoms with E-state index in [1.54, 1.807) is 31.4 Å². The minimum absolute atomic E-state index is 0.129. The number of unbranched alkanes of at least 4 members (excludes halogenated alkanes) is 3. The molecule has 0 saturated heterocycles. The molecular formula is C23H30N2O5S. The van der Waals surface area contributed by atoms with E-state index in [0.29, 0.717) is 12.2 Å². The summed E-state index contributed by atoms with van der Waals surface area (Å²) >= 11 is 0. The first-order valence-electron chi connectivity index (χ1n) is 10.4. The van der Waals surface area contributed by atoms with Crippen molar-refractivity contribution in [1.29, 1.82) is 0 Å². The van der Waals surface area contributed by atoms with Crippen LogP contribution in [-0.2, 0) is 16.6 Å². The number of nitro benzene ring substituents is 1. The van der Waals surface area contributed by atoms with Crippen LogP contribution in [0.2, 0.25) is 0 Å². The van der Waals surface area contributed by atoms with Crippen LogP contribution in [0.5, 0.6) is 5.75 Å². The van der Waals surface area contributed by atoms with Crippen molar-refractivity contribution in [3.05, 3.63) is 76.4 Å². The van der Waals surface area contributed by atoms with Gasteiger partial charge in [0.05, 0.1) is 12.0 Å². The molecule has 0 aromatic heterocycles. The topological polar surface area (TPSA) is 89.8 Å². The number of ether oxygens (including phenoxy) is 1. The third-order valence-corrected chi connectivity index (χ3v) is 6.74. The van der Waals surface area contributed by atoms with Gasteiger partial charge in [0, 0.05) is 19.2 Å². The third kappa shape index (κ3) is 7.18. The second kappa shape index (κ2) is 12.2. The molecule has 0 saturated carbocycles. The molecule has 0 heterocycles. The summed E-state index contributed by atoms with van der Waals surface area (Å²) in [5.74, 6) is 0.677. The summed E-state index contributed by atoms with van der Waals surface area (Å²) in [5.41, 5.74) is 0.371. The van der Waals surface area contributed by atoms with Gasteiger partial charge in [0.15, 0.2) is 4.90 Å². The summed E-state index contributed by atoms with van der Waals surface area (Å²) in [6.45, 7) is 2.53. The van der Waals surface area contributed by atoms with Crippen LogP contribution >= 0.6 is 0 Å². The Labute approximate surface area is 184 Å². The van der Waals surface area contributed by atoms with Gasteiger partial charge in [-0.25, -0.2) is 8.42 Å². The molecule has 2 aromatic carbocycles. The minimum Gasteiger partial charge on any atom is -0.497 e. The summed E-state index contributed by atoms with van der Waals surface area (Å²) < 4.78 is 33.2. The Morgan fingerprint density at radius 1 is 1.03 bits per heavy atom. The van der Waals surface area contributed by atoms with Crippen LogP contribution in [0, 0.1) is 10.1 Å². The fourth-order valence-electron chi connectivity index (χ4n) is 3.14. The number of nitrogens with zero attached hydrogens (tertiary/aromatic N) is 2. The van der Waals surface area contributed by atoms with Crippen molar-refractivity contribution >= 4 is 15.7 Å². The van der Waals surface area contributed by atoms with Gasteiger partial charge in [0.2, 0.25) is 10.0 Å². The second-order valence-corrected chi connectivity index (χ2v) is 9.07. The average Bonchev–Trinajstić information content (AvgIpc) is 2.78. The van der Waals surface area contributed by atoms with Crippen molar-refractivity contribution in [2.75, 3.05) is 13.7 Å². The number of benzene rings is 2. The molecule has 0 unspecified atom stereocenters. The van der Waals surface area contributed by atoms with Gasteiger partial charge in [-0.1, -0.05) is 49.8 Å². The highest BCUT2D eigenvalue weighted by atomic mass is 32.2. The fraction of sp³-hybridized carbons (Fsp3) is 0.391. The molecule has 0 aliphatic heterocycles. The number of allylic oxidation sites excluding steroid dienone is 2. The average molecular weight is 447 g/mol. The van der Waals surface area contributed by atoms with E-state index < -0.39 is 20.6 Å². The maximum atomic E-state index is 13.4. The highest BCUT2D eigenvalue weighted by molar-refractivity contribution is 7.89. The van der Waals surface area contributed by atoms with E-state index in [1.165, 1.54) is 28.6 Å². The van der Waals surface area contributed by atoms with Crippen molar-refractivity contribution < 1.29 is 18.1 Å². The molecule has 168 valence electrons. The standard InChI is InChI=1S/C23H30N2O5S/c1-3-4-5-6-7-8-11-18-24(19-20-14-16-21(30-2)17-15-20)31(28,29)23-13-10-9-12-22(23)25(26)27/h5-6,9-10,12-17H,3-4,7-8,11,18-19H2,1-2H3/b6-5-. The van der Waals surface area contributed by atoms with Crippen LogP contribution in [0.4, 0.5) is 5.69 Å². The van der Waals surface area contributed by atoms with E-state index >= 15 is 0 Å². The van der Waals surface area contributed by atoms with Gasteiger partial charge in [0.1, 0.15) is 5.75 Å². The molecular weight excluding hydrogens is 416 g/mol.